The molecule has 1 aliphatic carbocycles. The predicted octanol–water partition coefficient (Wildman–Crippen LogP) is 4.57. The van der Waals surface area contributed by atoms with E-state index in [0.29, 0.717) is 18.9 Å². The highest BCUT2D eigenvalue weighted by Gasteiger charge is 2.34. The van der Waals surface area contributed by atoms with Crippen molar-refractivity contribution in [3.8, 4) is 11.1 Å². The maximum atomic E-state index is 14.2. The summed E-state index contributed by atoms with van der Waals surface area (Å²) in [6, 6.07) is 7.20. The van der Waals surface area contributed by atoms with Crippen LogP contribution < -0.4 is 4.72 Å². The molecule has 1 N–H and O–H groups in total. The van der Waals surface area contributed by atoms with Crippen molar-refractivity contribution in [1.29, 1.82) is 0 Å². The highest BCUT2D eigenvalue weighted by molar-refractivity contribution is 7.89. The maximum absolute atomic E-state index is 14.2. The van der Waals surface area contributed by atoms with Crippen LogP contribution in [0.15, 0.2) is 60.0 Å². The molecule has 0 radical (unpaired) electrons. The molecule has 1 aliphatic rings. The minimum absolute atomic E-state index is 0.0121. The van der Waals surface area contributed by atoms with Crippen LogP contribution in [0.3, 0.4) is 0 Å². The minimum atomic E-state index is -4.80. The first-order valence-electron chi connectivity index (χ1n) is 9.97. The molecule has 3 aromatic rings. The van der Waals surface area contributed by atoms with Gasteiger partial charge in [-0.2, -0.15) is 13.2 Å². The van der Waals surface area contributed by atoms with E-state index in [2.05, 4.69) is 14.9 Å². The third-order valence-electron chi connectivity index (χ3n) is 5.56. The normalized spacial score (nSPS) is 19.8. The fourth-order valence-corrected chi connectivity index (χ4v) is 5.35. The molecule has 0 saturated heterocycles. The number of benzene rings is 2. The molecule has 1 fully saturated rings. The van der Waals surface area contributed by atoms with E-state index in [4.69, 9.17) is 0 Å². The average molecular weight is 468 g/mol. The second kappa shape index (κ2) is 8.62. The lowest BCUT2D eigenvalue weighted by Gasteiger charge is -2.30. The highest BCUT2D eigenvalue weighted by Crippen LogP contribution is 2.36. The Kier molecular flexibility index (Phi) is 6.04. The maximum Gasteiger partial charge on any atom is 0.416 e. The van der Waals surface area contributed by atoms with Gasteiger partial charge < -0.3 is 4.57 Å². The van der Waals surface area contributed by atoms with Crippen LogP contribution in [-0.4, -0.2) is 29.2 Å². The van der Waals surface area contributed by atoms with E-state index in [-0.39, 0.29) is 17.2 Å². The number of aromatic nitrogens is 3. The molecule has 2 aromatic carbocycles. The lowest BCUT2D eigenvalue weighted by molar-refractivity contribution is -0.137. The molecule has 170 valence electrons. The van der Waals surface area contributed by atoms with Crippen molar-refractivity contribution in [2.45, 2.75) is 48.8 Å². The summed E-state index contributed by atoms with van der Waals surface area (Å²) in [6.07, 6.45) is 0.865. The van der Waals surface area contributed by atoms with Gasteiger partial charge in [-0.25, -0.2) is 17.5 Å². The Morgan fingerprint density at radius 2 is 1.75 bits per heavy atom. The van der Waals surface area contributed by atoms with Gasteiger partial charge in [0.25, 0.3) is 0 Å². The van der Waals surface area contributed by atoms with Crippen LogP contribution in [0.5, 0.6) is 0 Å². The predicted molar refractivity (Wildman–Crippen MR) is 108 cm³/mol. The topological polar surface area (TPSA) is 76.9 Å². The Morgan fingerprint density at radius 3 is 2.44 bits per heavy atom. The average Bonchev–Trinajstić information content (AvgIpc) is 3.28. The molecule has 2 atom stereocenters. The van der Waals surface area contributed by atoms with Gasteiger partial charge in [-0.3, -0.25) is 0 Å². The number of nitrogens with one attached hydrogen (secondary N) is 1. The third-order valence-corrected chi connectivity index (χ3v) is 7.06. The van der Waals surface area contributed by atoms with Crippen LogP contribution in [0.2, 0.25) is 0 Å². The first kappa shape index (κ1) is 22.4. The van der Waals surface area contributed by atoms with Gasteiger partial charge in [0.15, 0.2) is 0 Å². The van der Waals surface area contributed by atoms with Crippen molar-refractivity contribution in [2.24, 2.45) is 0 Å². The monoisotopic (exact) mass is 468 g/mol. The summed E-state index contributed by atoms with van der Waals surface area (Å²) in [5, 5.41) is 7.52. The van der Waals surface area contributed by atoms with E-state index < -0.39 is 38.5 Å². The zero-order valence-corrected chi connectivity index (χ0v) is 17.6. The Bertz CT molecular complexity index is 1200. The first-order chi connectivity index (χ1) is 15.1. The van der Waals surface area contributed by atoms with Crippen molar-refractivity contribution in [1.82, 2.24) is 19.5 Å². The highest BCUT2D eigenvalue weighted by atomic mass is 32.2. The fourth-order valence-electron chi connectivity index (χ4n) is 4.00. The van der Waals surface area contributed by atoms with Crippen molar-refractivity contribution >= 4 is 10.0 Å². The first-order valence-corrected chi connectivity index (χ1v) is 11.5. The molecule has 0 unspecified atom stereocenters. The van der Waals surface area contributed by atoms with Crippen LogP contribution in [-0.2, 0) is 16.2 Å². The lowest BCUT2D eigenvalue weighted by Crippen LogP contribution is -2.38. The van der Waals surface area contributed by atoms with E-state index in [0.717, 1.165) is 31.0 Å². The van der Waals surface area contributed by atoms with E-state index in [1.54, 1.807) is 17.2 Å². The summed E-state index contributed by atoms with van der Waals surface area (Å²) in [5.74, 6) is -0.743. The third kappa shape index (κ3) is 4.83. The summed E-state index contributed by atoms with van der Waals surface area (Å²) in [4.78, 5) is -0.558. The number of nitrogens with zero attached hydrogens (tertiary/aromatic N) is 3. The second-order valence-electron chi connectivity index (χ2n) is 7.77. The van der Waals surface area contributed by atoms with E-state index >= 15 is 0 Å². The van der Waals surface area contributed by atoms with Gasteiger partial charge >= 0.3 is 6.18 Å². The number of rotatable bonds is 5. The van der Waals surface area contributed by atoms with Crippen molar-refractivity contribution in [3.05, 3.63) is 66.5 Å². The zero-order valence-electron chi connectivity index (χ0n) is 16.8. The molecule has 6 nitrogen and oxygen atoms in total. The van der Waals surface area contributed by atoms with Crippen LogP contribution in [0.1, 0.15) is 37.3 Å². The molecule has 0 amide bonds. The SMILES string of the molecule is O=S(=O)(N[C@H]1CCC[C@@H](n2cnnc2)C1)c1cc(-c2ccccc2F)cc(C(F)(F)F)c1. The Balaban J connectivity index is 1.66. The molecule has 1 aromatic heterocycles. The smallest absolute Gasteiger partial charge is 0.317 e. The summed E-state index contributed by atoms with van der Waals surface area (Å²) < 4.78 is 85.1. The Hall–Kier alpha value is -2.79. The molecule has 1 saturated carbocycles. The summed E-state index contributed by atoms with van der Waals surface area (Å²) in [6.45, 7) is 0. The van der Waals surface area contributed by atoms with Crippen LogP contribution in [0, 0.1) is 5.82 Å². The molecular formula is C21H20F4N4O2S. The summed E-state index contributed by atoms with van der Waals surface area (Å²) in [5.41, 5.74) is -1.44. The zero-order chi connectivity index (χ0) is 22.9. The van der Waals surface area contributed by atoms with Crippen molar-refractivity contribution in [3.63, 3.8) is 0 Å². The van der Waals surface area contributed by atoms with E-state index in [1.165, 1.54) is 18.2 Å². The molecule has 32 heavy (non-hydrogen) atoms. The van der Waals surface area contributed by atoms with Crippen LogP contribution >= 0.6 is 0 Å². The fraction of sp³-hybridized carbons (Fsp3) is 0.333. The van der Waals surface area contributed by atoms with Gasteiger partial charge in [0.2, 0.25) is 10.0 Å². The number of hydrogen-bond acceptors (Lipinski definition) is 4. The molecule has 0 spiro atoms. The largest absolute Gasteiger partial charge is 0.416 e. The summed E-state index contributed by atoms with van der Waals surface area (Å²) in [7, 11) is -4.29. The molecule has 11 heteroatoms. The molecule has 0 bridgehead atoms. The van der Waals surface area contributed by atoms with Crippen LogP contribution in [0.25, 0.3) is 11.1 Å². The van der Waals surface area contributed by atoms with Gasteiger partial charge in [-0.1, -0.05) is 18.2 Å². The van der Waals surface area contributed by atoms with Gasteiger partial charge in [-0.05, 0) is 55.5 Å². The van der Waals surface area contributed by atoms with Crippen LogP contribution in [0.4, 0.5) is 17.6 Å². The quantitative estimate of drug-likeness (QED) is 0.557. The molecule has 1 heterocycles. The van der Waals surface area contributed by atoms with Gasteiger partial charge in [0, 0.05) is 17.6 Å². The Morgan fingerprint density at radius 1 is 1.03 bits per heavy atom. The second-order valence-corrected chi connectivity index (χ2v) is 9.49. The van der Waals surface area contributed by atoms with E-state index in [9.17, 15) is 26.0 Å². The number of alkyl halides is 3. The van der Waals surface area contributed by atoms with Crippen molar-refractivity contribution in [2.75, 3.05) is 0 Å². The standard InChI is InChI=1S/C21H20F4N4O2S/c22-20-7-2-1-6-19(20)14-8-15(21(23,24)25)10-18(9-14)32(30,31)28-16-4-3-5-17(11-16)29-12-26-27-13-29/h1-2,6-10,12-13,16-17,28H,3-5,11H2/t16-,17+/m0/s1. The Labute approximate surface area is 182 Å². The number of halogens is 4. The lowest BCUT2D eigenvalue weighted by atomic mass is 9.91. The van der Waals surface area contributed by atoms with Crippen molar-refractivity contribution < 1.29 is 26.0 Å². The van der Waals surface area contributed by atoms with Gasteiger partial charge in [0.05, 0.1) is 10.5 Å². The number of sulfonamides is 1. The molecular weight excluding hydrogens is 448 g/mol. The van der Waals surface area contributed by atoms with Gasteiger partial charge in [-0.15, -0.1) is 10.2 Å². The number of hydrogen-bond donors (Lipinski definition) is 1. The van der Waals surface area contributed by atoms with Gasteiger partial charge in [0.1, 0.15) is 18.5 Å². The molecule has 0 aliphatic heterocycles. The van der Waals surface area contributed by atoms with E-state index in [1.807, 2.05) is 0 Å². The molecule has 4 rings (SSSR count). The summed E-state index contributed by atoms with van der Waals surface area (Å²) >= 11 is 0. The minimum Gasteiger partial charge on any atom is -0.317 e.